The highest BCUT2D eigenvalue weighted by Gasteiger charge is 2.20. The first kappa shape index (κ1) is 25.2. The molecule has 0 fully saturated rings. The van der Waals surface area contributed by atoms with E-state index in [4.69, 9.17) is 10.2 Å². The van der Waals surface area contributed by atoms with Crippen LogP contribution in [0.2, 0.25) is 0 Å². The van der Waals surface area contributed by atoms with Gasteiger partial charge in [0.05, 0.1) is 19.3 Å². The monoisotopic (exact) mass is 416 g/mol. The van der Waals surface area contributed by atoms with Crippen LogP contribution in [-0.4, -0.2) is 63.4 Å². The van der Waals surface area contributed by atoms with Crippen molar-refractivity contribution in [2.75, 3.05) is 0 Å². The second-order valence-corrected chi connectivity index (χ2v) is 5.36. The predicted octanol–water partition coefficient (Wildman–Crippen LogP) is -1.27. The van der Waals surface area contributed by atoms with Crippen molar-refractivity contribution in [3.05, 3.63) is 0 Å². The van der Waals surface area contributed by atoms with Crippen molar-refractivity contribution in [3.63, 3.8) is 0 Å². The van der Waals surface area contributed by atoms with E-state index in [1.807, 2.05) is 0 Å². The fourth-order valence-electron chi connectivity index (χ4n) is 1.58. The number of carbonyl (C=O) groups excluding carboxylic acids is 7. The lowest BCUT2D eigenvalue weighted by molar-refractivity contribution is -0.163. The summed E-state index contributed by atoms with van der Waals surface area (Å²) < 4.78 is 8.45. The highest BCUT2D eigenvalue weighted by atomic mass is 16.6. The molecule has 13 heteroatoms. The van der Waals surface area contributed by atoms with Gasteiger partial charge in [0.2, 0.25) is 11.6 Å². The number of rotatable bonds is 13. The first-order valence-corrected chi connectivity index (χ1v) is 7.93. The van der Waals surface area contributed by atoms with Gasteiger partial charge in [0.15, 0.2) is 0 Å². The van der Waals surface area contributed by atoms with Crippen LogP contribution in [0.1, 0.15) is 44.9 Å². The van der Waals surface area contributed by atoms with Gasteiger partial charge in [0, 0.05) is 19.3 Å². The van der Waals surface area contributed by atoms with Crippen molar-refractivity contribution in [1.29, 1.82) is 0 Å². The van der Waals surface area contributed by atoms with E-state index in [1.165, 1.54) is 0 Å². The Bertz CT molecular complexity index is 746. The van der Waals surface area contributed by atoms with E-state index >= 15 is 0 Å². The average molecular weight is 416 g/mol. The highest BCUT2D eigenvalue weighted by molar-refractivity contribution is 6.33. The zero-order valence-corrected chi connectivity index (χ0v) is 14.8. The molecule has 13 nitrogen and oxygen atoms in total. The third kappa shape index (κ3) is 12.3. The molecule has 0 aromatic rings. The lowest BCUT2D eigenvalue weighted by atomic mass is 10.1. The molecule has 0 aliphatic heterocycles. The largest absolute Gasteiger partial charge is 0.476 e. The molecule has 0 atom stereocenters. The Kier molecular flexibility index (Phi) is 11.0. The topological polar surface area (TPSA) is 213 Å². The van der Waals surface area contributed by atoms with Crippen molar-refractivity contribution >= 4 is 53.2 Å². The maximum Gasteiger partial charge on any atom is 0.372 e. The molecule has 0 unspecified atom stereocenters. The Morgan fingerprint density at radius 1 is 0.483 bits per heavy atom. The fourth-order valence-corrected chi connectivity index (χ4v) is 1.58. The predicted molar refractivity (Wildman–Crippen MR) is 84.8 cm³/mol. The number of Topliss-reactive ketones (excluding diaryl/α,β-unsaturated/α-hetero) is 3. The highest BCUT2D eigenvalue weighted by Crippen LogP contribution is 2.03. The summed E-state index contributed by atoms with van der Waals surface area (Å²) in [5.41, 5.74) is 0. The number of ether oxygens (including phenoxy) is 2. The van der Waals surface area contributed by atoms with Gasteiger partial charge in [-0.25, -0.2) is 9.59 Å². The molecule has 0 spiro atoms. The summed E-state index contributed by atoms with van der Waals surface area (Å²) in [5.74, 6) is -11.6. The average Bonchev–Trinajstić information content (AvgIpc) is 2.61. The maximum absolute atomic E-state index is 11.5. The van der Waals surface area contributed by atoms with Crippen LogP contribution in [0.3, 0.4) is 0 Å². The summed E-state index contributed by atoms with van der Waals surface area (Å²) >= 11 is 0. The quantitative estimate of drug-likeness (QED) is 0.204. The van der Waals surface area contributed by atoms with Gasteiger partial charge in [0.25, 0.3) is 0 Å². The van der Waals surface area contributed by atoms with Gasteiger partial charge in [-0.2, -0.15) is 0 Å². The molecule has 0 aromatic heterocycles. The van der Waals surface area contributed by atoms with E-state index < -0.39 is 98.1 Å². The van der Waals surface area contributed by atoms with E-state index in [0.717, 1.165) is 0 Å². The van der Waals surface area contributed by atoms with Gasteiger partial charge < -0.3 is 19.7 Å². The molecule has 29 heavy (non-hydrogen) atoms. The Balaban J connectivity index is 4.12. The third-order valence-corrected chi connectivity index (χ3v) is 2.99. The summed E-state index contributed by atoms with van der Waals surface area (Å²) in [7, 11) is 0. The Labute approximate surface area is 161 Å². The lowest BCUT2D eigenvalue weighted by Crippen LogP contribution is -2.20. The summed E-state index contributed by atoms with van der Waals surface area (Å²) in [6.07, 6.45) is -4.72. The molecular formula is C16H16O13. The van der Waals surface area contributed by atoms with Crippen molar-refractivity contribution in [2.24, 2.45) is 0 Å². The number of hydrogen-bond donors (Lipinski definition) is 2. The minimum absolute atomic E-state index is 0.541. The van der Waals surface area contributed by atoms with E-state index in [9.17, 15) is 43.2 Å². The summed E-state index contributed by atoms with van der Waals surface area (Å²) in [4.78, 5) is 98.8. The van der Waals surface area contributed by atoms with Crippen LogP contribution >= 0.6 is 0 Å². The van der Waals surface area contributed by atoms with Crippen LogP contribution in [0.4, 0.5) is 0 Å². The fraction of sp³-hybridized carbons (Fsp3) is 0.438. The van der Waals surface area contributed by atoms with Crippen molar-refractivity contribution in [1.82, 2.24) is 0 Å². The summed E-state index contributed by atoms with van der Waals surface area (Å²) in [6, 6.07) is 0. The molecule has 2 N–H and O–H groups in total. The van der Waals surface area contributed by atoms with Crippen LogP contribution in [0.25, 0.3) is 0 Å². The second-order valence-electron chi connectivity index (χ2n) is 5.36. The molecule has 0 radical (unpaired) electrons. The molecule has 158 valence electrons. The molecule has 0 aliphatic carbocycles. The van der Waals surface area contributed by atoms with Gasteiger partial charge in [-0.3, -0.25) is 33.6 Å². The lowest BCUT2D eigenvalue weighted by Gasteiger charge is -2.03. The summed E-state index contributed by atoms with van der Waals surface area (Å²) in [6.45, 7) is 0. The van der Waals surface area contributed by atoms with E-state index in [0.29, 0.717) is 0 Å². The normalized spacial score (nSPS) is 9.79. The van der Waals surface area contributed by atoms with Crippen molar-refractivity contribution in [3.8, 4) is 0 Å². The zero-order valence-electron chi connectivity index (χ0n) is 14.8. The number of hydrogen-bond acceptors (Lipinski definition) is 11. The van der Waals surface area contributed by atoms with Crippen molar-refractivity contribution in [2.45, 2.75) is 44.9 Å². The Morgan fingerprint density at radius 2 is 0.828 bits per heavy atom. The molecule has 0 bridgehead atoms. The van der Waals surface area contributed by atoms with Gasteiger partial charge in [-0.1, -0.05) is 0 Å². The third-order valence-electron chi connectivity index (χ3n) is 2.99. The van der Waals surface area contributed by atoms with Crippen LogP contribution < -0.4 is 0 Å². The van der Waals surface area contributed by atoms with E-state index in [2.05, 4.69) is 9.47 Å². The number of aliphatic carboxylic acids is 2. The van der Waals surface area contributed by atoms with Gasteiger partial charge >= 0.3 is 35.8 Å². The maximum atomic E-state index is 11.5. The minimum atomic E-state index is -1.75. The summed E-state index contributed by atoms with van der Waals surface area (Å²) in [5, 5.41) is 16.6. The molecule has 0 saturated heterocycles. The second kappa shape index (κ2) is 12.6. The molecule has 0 rings (SSSR count). The zero-order chi connectivity index (χ0) is 22.6. The van der Waals surface area contributed by atoms with Crippen LogP contribution in [0, 0.1) is 0 Å². The van der Waals surface area contributed by atoms with E-state index in [1.54, 1.807) is 0 Å². The number of carbonyl (C=O) groups is 9. The van der Waals surface area contributed by atoms with Gasteiger partial charge in [-0.05, 0) is 0 Å². The van der Waals surface area contributed by atoms with Crippen LogP contribution in [0.15, 0.2) is 0 Å². The van der Waals surface area contributed by atoms with Gasteiger partial charge in [-0.15, -0.1) is 0 Å². The molecular weight excluding hydrogens is 400 g/mol. The number of esters is 4. The number of ketones is 3. The smallest absolute Gasteiger partial charge is 0.372 e. The molecule has 0 saturated carbocycles. The van der Waals surface area contributed by atoms with Gasteiger partial charge in [0.1, 0.15) is 12.2 Å². The molecule has 0 aliphatic rings. The van der Waals surface area contributed by atoms with Crippen molar-refractivity contribution < 1.29 is 62.8 Å². The molecule has 0 amide bonds. The first-order chi connectivity index (χ1) is 13.4. The molecule has 0 aromatic carbocycles. The van der Waals surface area contributed by atoms with Crippen LogP contribution in [0.5, 0.6) is 0 Å². The van der Waals surface area contributed by atoms with E-state index in [-0.39, 0.29) is 0 Å². The minimum Gasteiger partial charge on any atom is -0.476 e. The Morgan fingerprint density at radius 3 is 1.21 bits per heavy atom. The molecule has 0 heterocycles. The SMILES string of the molecule is O=C(CCC(=O)OC(=O)CCC(=O)C(=O)O)CC(=O)OC(=O)CCC(=O)C(=O)O. The number of carboxylic acids is 2. The van der Waals surface area contributed by atoms with Crippen LogP contribution in [-0.2, 0) is 52.6 Å². The first-order valence-electron chi connectivity index (χ1n) is 7.93. The Hall–Kier alpha value is -3.77. The standard InChI is InChI=1S/C16H16O13/c17-8(7-14(23)29-13(22)6-3-10(19)16(26)27)1-4-11(20)28-12(21)5-2-9(18)15(24)25/h1-7H2,(H,24,25)(H,26,27). The number of carboxylic acid groups (broad SMARTS) is 2.